The summed E-state index contributed by atoms with van der Waals surface area (Å²) in [5.74, 6) is 4.90. The van der Waals surface area contributed by atoms with Gasteiger partial charge in [0.05, 0.1) is 5.52 Å². The fourth-order valence-corrected chi connectivity index (χ4v) is 1.76. The zero-order valence-electron chi connectivity index (χ0n) is 7.26. The van der Waals surface area contributed by atoms with Crippen LogP contribution >= 0.6 is 27.5 Å². The maximum atomic E-state index is 13.4. The van der Waals surface area contributed by atoms with Crippen LogP contribution in [-0.2, 0) is 0 Å². The molecular formula is C8H5BrClFN4. The second-order valence-corrected chi connectivity index (χ2v) is 4.04. The first-order valence-electron chi connectivity index (χ1n) is 3.90. The first-order valence-corrected chi connectivity index (χ1v) is 5.08. The van der Waals surface area contributed by atoms with Gasteiger partial charge in [-0.1, -0.05) is 27.5 Å². The molecule has 1 aromatic carbocycles. The second kappa shape index (κ2) is 3.88. The number of nitrogen functional groups attached to an aromatic ring is 1. The van der Waals surface area contributed by atoms with Crippen LogP contribution in [0.25, 0.3) is 11.0 Å². The van der Waals surface area contributed by atoms with Crippen molar-refractivity contribution >= 4 is 44.4 Å². The van der Waals surface area contributed by atoms with Crippen LogP contribution < -0.4 is 11.3 Å². The van der Waals surface area contributed by atoms with Gasteiger partial charge in [-0.3, -0.25) is 0 Å². The molecule has 0 atom stereocenters. The molecule has 0 radical (unpaired) electrons. The number of hydrogen-bond acceptors (Lipinski definition) is 4. The van der Waals surface area contributed by atoms with Gasteiger partial charge in [0.15, 0.2) is 16.8 Å². The summed E-state index contributed by atoms with van der Waals surface area (Å²) in [6, 6.07) is 2.92. The molecule has 78 valence electrons. The molecule has 1 aromatic heterocycles. The molecule has 15 heavy (non-hydrogen) atoms. The minimum atomic E-state index is -0.489. The van der Waals surface area contributed by atoms with Crippen molar-refractivity contribution < 1.29 is 4.39 Å². The molecule has 0 aliphatic carbocycles. The molecule has 0 unspecified atom stereocenters. The molecule has 2 aromatic rings. The van der Waals surface area contributed by atoms with Gasteiger partial charge in [0.25, 0.3) is 0 Å². The third-order valence-electron chi connectivity index (χ3n) is 1.78. The SMILES string of the molecule is NNc1nc2cc(Br)cc(F)c2nc1Cl. The van der Waals surface area contributed by atoms with Gasteiger partial charge in [0, 0.05) is 4.47 Å². The average molecular weight is 292 g/mol. The van der Waals surface area contributed by atoms with E-state index in [-0.39, 0.29) is 16.5 Å². The van der Waals surface area contributed by atoms with Crippen molar-refractivity contribution in [3.63, 3.8) is 0 Å². The Kier molecular flexibility index (Phi) is 2.72. The molecule has 0 aliphatic rings. The minimum absolute atomic E-state index is 0.0335. The quantitative estimate of drug-likeness (QED) is 0.626. The highest BCUT2D eigenvalue weighted by molar-refractivity contribution is 9.10. The van der Waals surface area contributed by atoms with Gasteiger partial charge in [-0.2, -0.15) is 0 Å². The Morgan fingerprint density at radius 3 is 2.80 bits per heavy atom. The van der Waals surface area contributed by atoms with Crippen LogP contribution in [0.1, 0.15) is 0 Å². The Bertz CT molecular complexity index is 534. The summed E-state index contributed by atoms with van der Waals surface area (Å²) in [6.07, 6.45) is 0. The van der Waals surface area contributed by atoms with Crippen molar-refractivity contribution in [2.45, 2.75) is 0 Å². The van der Waals surface area contributed by atoms with Gasteiger partial charge in [-0.15, -0.1) is 0 Å². The summed E-state index contributed by atoms with van der Waals surface area (Å²) in [4.78, 5) is 7.87. The van der Waals surface area contributed by atoms with E-state index >= 15 is 0 Å². The van der Waals surface area contributed by atoms with Crippen molar-refractivity contribution in [1.29, 1.82) is 0 Å². The van der Waals surface area contributed by atoms with Crippen molar-refractivity contribution in [2.24, 2.45) is 5.84 Å². The molecule has 0 saturated carbocycles. The largest absolute Gasteiger partial charge is 0.306 e. The number of fused-ring (bicyclic) bond motifs is 1. The lowest BCUT2D eigenvalue weighted by molar-refractivity contribution is 0.635. The maximum Gasteiger partial charge on any atom is 0.178 e. The van der Waals surface area contributed by atoms with E-state index in [1.165, 1.54) is 6.07 Å². The first-order chi connectivity index (χ1) is 7.11. The molecule has 0 aliphatic heterocycles. The predicted molar refractivity (Wildman–Crippen MR) is 60.0 cm³/mol. The van der Waals surface area contributed by atoms with Crippen LogP contribution in [0, 0.1) is 5.82 Å². The average Bonchev–Trinajstić information content (AvgIpc) is 2.18. The number of nitrogens with two attached hydrogens (primary N) is 1. The van der Waals surface area contributed by atoms with E-state index in [0.717, 1.165) is 0 Å². The fraction of sp³-hybridized carbons (Fsp3) is 0. The Labute approximate surface area is 97.7 Å². The Balaban J connectivity index is 2.81. The smallest absolute Gasteiger partial charge is 0.178 e. The minimum Gasteiger partial charge on any atom is -0.306 e. The normalized spacial score (nSPS) is 10.7. The topological polar surface area (TPSA) is 63.8 Å². The number of aromatic nitrogens is 2. The lowest BCUT2D eigenvalue weighted by Gasteiger charge is -2.04. The van der Waals surface area contributed by atoms with Gasteiger partial charge in [0.2, 0.25) is 0 Å². The number of halogens is 3. The molecule has 0 fully saturated rings. The third-order valence-corrected chi connectivity index (χ3v) is 2.50. The number of nitrogens with one attached hydrogen (secondary N) is 1. The summed E-state index contributed by atoms with van der Waals surface area (Å²) < 4.78 is 14.0. The zero-order chi connectivity index (χ0) is 11.0. The number of hydrogen-bond donors (Lipinski definition) is 2. The van der Waals surface area contributed by atoms with Crippen LogP contribution in [0.4, 0.5) is 10.2 Å². The van der Waals surface area contributed by atoms with E-state index in [1.807, 2.05) is 0 Å². The van der Waals surface area contributed by atoms with Gasteiger partial charge in [-0.25, -0.2) is 20.2 Å². The number of nitrogens with zero attached hydrogens (tertiary/aromatic N) is 2. The van der Waals surface area contributed by atoms with Crippen molar-refractivity contribution in [3.05, 3.63) is 27.6 Å². The van der Waals surface area contributed by atoms with Crippen LogP contribution in [-0.4, -0.2) is 9.97 Å². The van der Waals surface area contributed by atoms with Gasteiger partial charge in [0.1, 0.15) is 5.52 Å². The molecule has 0 saturated heterocycles. The number of rotatable bonds is 1. The van der Waals surface area contributed by atoms with E-state index in [2.05, 4.69) is 31.3 Å². The summed E-state index contributed by atoms with van der Waals surface area (Å²) >= 11 is 8.88. The van der Waals surface area contributed by atoms with Crippen molar-refractivity contribution in [3.8, 4) is 0 Å². The summed E-state index contributed by atoms with van der Waals surface area (Å²) in [5, 5.41) is 0.0335. The molecule has 1 heterocycles. The van der Waals surface area contributed by atoms with Crippen LogP contribution in [0.3, 0.4) is 0 Å². The van der Waals surface area contributed by atoms with Gasteiger partial charge >= 0.3 is 0 Å². The van der Waals surface area contributed by atoms with Gasteiger partial charge in [-0.05, 0) is 12.1 Å². The van der Waals surface area contributed by atoms with E-state index in [9.17, 15) is 4.39 Å². The lowest BCUT2D eigenvalue weighted by atomic mass is 10.3. The third kappa shape index (κ3) is 1.88. The fourth-order valence-electron chi connectivity index (χ4n) is 1.16. The molecule has 3 N–H and O–H groups in total. The predicted octanol–water partition coefficient (Wildman–Crippen LogP) is 2.47. The Morgan fingerprint density at radius 2 is 2.13 bits per heavy atom. The van der Waals surface area contributed by atoms with Crippen LogP contribution in [0.5, 0.6) is 0 Å². The molecule has 7 heteroatoms. The molecule has 2 rings (SSSR count). The zero-order valence-corrected chi connectivity index (χ0v) is 9.60. The Hall–Kier alpha value is -0.980. The maximum absolute atomic E-state index is 13.4. The summed E-state index contributed by atoms with van der Waals surface area (Å²) in [6.45, 7) is 0. The molecular weight excluding hydrogens is 286 g/mol. The first kappa shape index (κ1) is 10.5. The Morgan fingerprint density at radius 1 is 1.40 bits per heavy atom. The highest BCUT2D eigenvalue weighted by Gasteiger charge is 2.10. The number of anilines is 1. The number of hydrazine groups is 1. The van der Waals surface area contributed by atoms with Crippen molar-refractivity contribution in [1.82, 2.24) is 9.97 Å². The standard InChI is InChI=1S/C8H5BrClFN4/c9-3-1-4(11)6-5(2-3)13-8(15-12)7(10)14-6/h1-2H,12H2,(H,13,15). The van der Waals surface area contributed by atoms with E-state index in [1.54, 1.807) is 6.07 Å². The molecule has 0 amide bonds. The molecule has 4 nitrogen and oxygen atoms in total. The summed E-state index contributed by atoms with van der Waals surface area (Å²) in [7, 11) is 0. The van der Waals surface area contributed by atoms with Crippen molar-refractivity contribution in [2.75, 3.05) is 5.43 Å². The highest BCUT2D eigenvalue weighted by atomic mass is 79.9. The second-order valence-electron chi connectivity index (χ2n) is 2.76. The highest BCUT2D eigenvalue weighted by Crippen LogP contribution is 2.25. The monoisotopic (exact) mass is 290 g/mol. The summed E-state index contributed by atoms with van der Waals surface area (Å²) in [5.41, 5.74) is 2.77. The van der Waals surface area contributed by atoms with E-state index in [4.69, 9.17) is 17.4 Å². The van der Waals surface area contributed by atoms with Gasteiger partial charge < -0.3 is 5.43 Å². The number of benzene rings is 1. The van der Waals surface area contributed by atoms with Crippen LogP contribution in [0.15, 0.2) is 16.6 Å². The molecule has 0 bridgehead atoms. The van der Waals surface area contributed by atoms with E-state index < -0.39 is 5.82 Å². The van der Waals surface area contributed by atoms with Crippen LogP contribution in [0.2, 0.25) is 5.15 Å². The lowest BCUT2D eigenvalue weighted by Crippen LogP contribution is -2.10. The molecule has 0 spiro atoms. The van der Waals surface area contributed by atoms with E-state index in [0.29, 0.717) is 9.99 Å².